The van der Waals surface area contributed by atoms with Crippen LogP contribution in [0, 0.1) is 0 Å². The summed E-state index contributed by atoms with van der Waals surface area (Å²) in [5.41, 5.74) is 2.94. The monoisotopic (exact) mass is 790 g/mol. The van der Waals surface area contributed by atoms with Gasteiger partial charge in [-0.05, 0) is 46.5 Å². The van der Waals surface area contributed by atoms with E-state index in [0.29, 0.717) is 38.9 Å². The SMILES string of the molecule is [B]Cc1cc([B])c(C[B])c(C(=O)Oc2cc(OC(=O)c3cc(C[B])cc(C[B])c3C[B])cc(CC(=O)c3cc(C[B])cc(C[B])c3C[B])c2C(=O)OCCS(=O)(=O)O)c1. The van der Waals surface area contributed by atoms with Gasteiger partial charge < -0.3 is 14.2 Å². The van der Waals surface area contributed by atoms with E-state index < -0.39 is 63.9 Å². The Morgan fingerprint density at radius 3 is 1.54 bits per heavy atom. The first-order chi connectivity index (χ1) is 28.1. The quantitative estimate of drug-likeness (QED) is 0.0474. The number of benzene rings is 4. The molecule has 4 rings (SSSR count). The molecule has 0 heterocycles. The van der Waals surface area contributed by atoms with E-state index in [4.69, 9.17) is 84.8 Å². The molecule has 1 N–H and O–H groups in total. The molecule has 0 bridgehead atoms. The summed E-state index contributed by atoms with van der Waals surface area (Å²) < 4.78 is 49.2. The summed E-state index contributed by atoms with van der Waals surface area (Å²) in [6.45, 7) is -0.847. The maximum absolute atomic E-state index is 14.3. The molecule has 280 valence electrons. The molecule has 0 saturated heterocycles. The zero-order valence-electron chi connectivity index (χ0n) is 32.1. The molecule has 0 aliphatic carbocycles. The van der Waals surface area contributed by atoms with Crippen molar-refractivity contribution in [1.29, 1.82) is 0 Å². The molecule has 0 aromatic heterocycles. The minimum absolute atomic E-state index is 0.0141. The highest BCUT2D eigenvalue weighted by Crippen LogP contribution is 2.34. The molecular weight excluding hydrogens is 758 g/mol. The molecule has 0 aliphatic heterocycles. The van der Waals surface area contributed by atoms with Crippen LogP contribution in [0.1, 0.15) is 91.5 Å². The summed E-state index contributed by atoms with van der Waals surface area (Å²) in [7, 11) is 49.1. The van der Waals surface area contributed by atoms with Crippen molar-refractivity contribution in [2.75, 3.05) is 12.4 Å². The van der Waals surface area contributed by atoms with Crippen LogP contribution in [-0.2, 0) is 71.8 Å². The van der Waals surface area contributed by atoms with E-state index in [9.17, 15) is 32.1 Å². The van der Waals surface area contributed by atoms with Gasteiger partial charge in [0.25, 0.3) is 10.1 Å². The standard InChI is InChI=1S/C39H31B9O10S/c40-12-20-3-24(15-43)30(17-45)27(5-20)34(49)10-23-9-26(57-37(50)28-6-21(13-41)4-25(16-44)31(28)18-46)11-35(36(23)39(52)56-1-2-59(53,54)55)58-38(51)29-7-22(14-42)8-33(48)32(29)19-47/h3-9,11H,1-2,10,12-19H2,(H,53,54,55). The van der Waals surface area contributed by atoms with Gasteiger partial charge in [-0.1, -0.05) is 102 Å². The van der Waals surface area contributed by atoms with Crippen LogP contribution < -0.4 is 14.9 Å². The molecule has 10 nitrogen and oxygen atoms in total. The molecule has 0 fully saturated rings. The van der Waals surface area contributed by atoms with Crippen molar-refractivity contribution < 1.29 is 46.4 Å². The Labute approximate surface area is 356 Å². The average Bonchev–Trinajstić information content (AvgIpc) is 3.21. The van der Waals surface area contributed by atoms with E-state index in [2.05, 4.69) is 0 Å². The Morgan fingerprint density at radius 1 is 0.542 bits per heavy atom. The lowest BCUT2D eigenvalue weighted by atomic mass is 9.78. The number of hydrogen-bond donors (Lipinski definition) is 1. The number of esters is 3. The van der Waals surface area contributed by atoms with Gasteiger partial charge in [-0.15, -0.1) is 0 Å². The van der Waals surface area contributed by atoms with Crippen LogP contribution in [0.2, 0.25) is 0 Å². The first-order valence-electron chi connectivity index (χ1n) is 18.1. The Kier molecular flexibility index (Phi) is 16.9. The van der Waals surface area contributed by atoms with Crippen LogP contribution in [0.25, 0.3) is 0 Å². The lowest BCUT2D eigenvalue weighted by Crippen LogP contribution is -2.23. The Hall–Kier alpha value is -4.55. The van der Waals surface area contributed by atoms with E-state index in [-0.39, 0.29) is 89.6 Å². The third-order valence-corrected chi connectivity index (χ3v) is 10.0. The minimum Gasteiger partial charge on any atom is -0.461 e. The van der Waals surface area contributed by atoms with Gasteiger partial charge in [0.05, 0.1) is 73.9 Å². The summed E-state index contributed by atoms with van der Waals surface area (Å²) in [5.74, 6) is -5.85. The Morgan fingerprint density at radius 2 is 1.03 bits per heavy atom. The maximum Gasteiger partial charge on any atom is 0.343 e. The minimum atomic E-state index is -4.60. The molecule has 4 aromatic carbocycles. The van der Waals surface area contributed by atoms with E-state index in [0.717, 1.165) is 6.07 Å². The Balaban J connectivity index is 1.99. The number of carbonyl (C=O) groups is 4. The van der Waals surface area contributed by atoms with E-state index in [1.54, 1.807) is 12.1 Å². The second kappa shape index (κ2) is 21.1. The predicted molar refractivity (Wildman–Crippen MR) is 231 cm³/mol. The van der Waals surface area contributed by atoms with Crippen LogP contribution in [0.4, 0.5) is 0 Å². The van der Waals surface area contributed by atoms with Crippen LogP contribution in [0.3, 0.4) is 0 Å². The summed E-state index contributed by atoms with van der Waals surface area (Å²) in [6, 6.07) is 11.5. The highest BCUT2D eigenvalue weighted by Gasteiger charge is 2.29. The molecule has 18 radical (unpaired) electrons. The van der Waals surface area contributed by atoms with Gasteiger partial charge >= 0.3 is 17.9 Å². The van der Waals surface area contributed by atoms with Crippen molar-refractivity contribution in [3.8, 4) is 11.5 Å². The van der Waals surface area contributed by atoms with E-state index in [1.165, 1.54) is 30.3 Å². The van der Waals surface area contributed by atoms with Gasteiger partial charge in [0.2, 0.25) is 0 Å². The van der Waals surface area contributed by atoms with Crippen LogP contribution in [-0.4, -0.2) is 120 Å². The zero-order chi connectivity index (χ0) is 43.6. The largest absolute Gasteiger partial charge is 0.461 e. The third-order valence-electron chi connectivity index (χ3n) is 9.35. The molecule has 20 heteroatoms. The second-order valence-electron chi connectivity index (χ2n) is 13.2. The smallest absolute Gasteiger partial charge is 0.343 e. The first-order valence-corrected chi connectivity index (χ1v) is 19.7. The maximum atomic E-state index is 14.3. The van der Waals surface area contributed by atoms with Gasteiger partial charge in [-0.3, -0.25) is 9.35 Å². The number of rotatable bonds is 19. The van der Waals surface area contributed by atoms with Gasteiger partial charge in [0.15, 0.2) is 5.78 Å². The van der Waals surface area contributed by atoms with Crippen molar-refractivity contribution in [1.82, 2.24) is 0 Å². The molecule has 0 spiro atoms. The van der Waals surface area contributed by atoms with Gasteiger partial charge in [0.1, 0.15) is 37.3 Å². The number of Topliss-reactive ketones (excluding diaryl/α,β-unsaturated/α-hetero) is 1. The van der Waals surface area contributed by atoms with E-state index >= 15 is 0 Å². The highest BCUT2D eigenvalue weighted by molar-refractivity contribution is 7.85. The zero-order valence-corrected chi connectivity index (χ0v) is 32.9. The fourth-order valence-corrected chi connectivity index (χ4v) is 6.74. The normalized spacial score (nSPS) is 11.2. The molecule has 59 heavy (non-hydrogen) atoms. The lowest BCUT2D eigenvalue weighted by molar-refractivity contribution is 0.0521. The van der Waals surface area contributed by atoms with Gasteiger partial charge in [-0.25, -0.2) is 14.4 Å². The summed E-state index contributed by atoms with van der Waals surface area (Å²) in [5, 5.41) is 0. The molecule has 0 amide bonds. The van der Waals surface area contributed by atoms with Crippen molar-refractivity contribution >= 4 is 110 Å². The number of carbonyl (C=O) groups excluding carboxylic acids is 4. The molecule has 0 atom stereocenters. The lowest BCUT2D eigenvalue weighted by Gasteiger charge is -2.19. The van der Waals surface area contributed by atoms with Crippen molar-refractivity contribution in [3.05, 3.63) is 121 Å². The first kappa shape index (κ1) is 47.1. The number of ketones is 1. The predicted octanol–water partition coefficient (Wildman–Crippen LogP) is 0.737. The highest BCUT2D eigenvalue weighted by atomic mass is 32.2. The molecule has 0 unspecified atom stereocenters. The number of ether oxygens (including phenoxy) is 3. The third kappa shape index (κ3) is 11.6. The molecular formula is C39H31B9O10S. The second-order valence-corrected chi connectivity index (χ2v) is 14.7. The van der Waals surface area contributed by atoms with Gasteiger partial charge in [-0.2, -0.15) is 8.42 Å². The average molecular weight is 789 g/mol. The Bertz CT molecular complexity index is 2370. The molecule has 0 aliphatic rings. The van der Waals surface area contributed by atoms with Crippen LogP contribution >= 0.6 is 0 Å². The van der Waals surface area contributed by atoms with Crippen LogP contribution in [0.5, 0.6) is 11.5 Å². The van der Waals surface area contributed by atoms with Crippen molar-refractivity contribution in [2.45, 2.75) is 57.0 Å². The van der Waals surface area contributed by atoms with Crippen LogP contribution in [0.15, 0.2) is 48.5 Å². The summed E-state index contributed by atoms with van der Waals surface area (Å²) in [4.78, 5) is 56.1. The summed E-state index contributed by atoms with van der Waals surface area (Å²) in [6.07, 6.45) is -0.972. The topological polar surface area (TPSA) is 150 Å². The van der Waals surface area contributed by atoms with Crippen molar-refractivity contribution in [2.24, 2.45) is 0 Å². The fourth-order valence-electron chi connectivity index (χ4n) is 6.45. The fraction of sp³-hybridized carbons (Fsp3) is 0.282. The van der Waals surface area contributed by atoms with E-state index in [1.807, 2.05) is 0 Å². The molecule has 0 saturated carbocycles. The number of hydrogen-bond acceptors (Lipinski definition) is 9. The van der Waals surface area contributed by atoms with Gasteiger partial charge in [0, 0.05) is 18.1 Å². The summed E-state index contributed by atoms with van der Waals surface area (Å²) >= 11 is 0. The molecule has 4 aromatic rings. The van der Waals surface area contributed by atoms with Crippen molar-refractivity contribution in [3.63, 3.8) is 0 Å².